The number of rotatable bonds is 3. The van der Waals surface area contributed by atoms with Crippen molar-refractivity contribution in [3.05, 3.63) is 0 Å². The normalized spacial score (nSPS) is 19.5. The molecule has 1 aliphatic rings. The molecule has 0 atom stereocenters. The van der Waals surface area contributed by atoms with Gasteiger partial charge in [0.05, 0.1) is 12.0 Å². The second-order valence-corrected chi connectivity index (χ2v) is 4.15. The number of nitrogens with zero attached hydrogens (tertiary/aromatic N) is 1. The van der Waals surface area contributed by atoms with Crippen LogP contribution in [-0.4, -0.2) is 35.8 Å². The van der Waals surface area contributed by atoms with Gasteiger partial charge in [0.1, 0.15) is 6.54 Å². The van der Waals surface area contributed by atoms with E-state index in [1.54, 1.807) is 20.8 Å². The summed E-state index contributed by atoms with van der Waals surface area (Å²) in [5.74, 6) is -1.16. The molecule has 0 aliphatic carbocycles. The first-order valence-electron chi connectivity index (χ1n) is 4.89. The minimum absolute atomic E-state index is 0.158. The molecule has 0 N–H and O–H groups in total. The first kappa shape index (κ1) is 11.7. The highest BCUT2D eigenvalue weighted by molar-refractivity contribution is 6.07. The first-order chi connectivity index (χ1) is 6.88. The molecule has 15 heavy (non-hydrogen) atoms. The molecule has 1 fully saturated rings. The van der Waals surface area contributed by atoms with E-state index in [4.69, 9.17) is 0 Å². The van der Waals surface area contributed by atoms with Crippen molar-refractivity contribution < 1.29 is 19.1 Å². The number of esters is 1. The van der Waals surface area contributed by atoms with Gasteiger partial charge in [0, 0.05) is 6.42 Å². The minimum Gasteiger partial charge on any atom is -0.465 e. The molecular formula is C10H15NO4. The van der Waals surface area contributed by atoms with E-state index in [1.807, 2.05) is 0 Å². The second-order valence-electron chi connectivity index (χ2n) is 4.15. The number of likely N-dealkylation sites (tertiary alicyclic amines) is 1. The topological polar surface area (TPSA) is 63.7 Å². The van der Waals surface area contributed by atoms with Gasteiger partial charge in [-0.1, -0.05) is 13.8 Å². The number of carbonyl (C=O) groups is 3. The Morgan fingerprint density at radius 2 is 2.07 bits per heavy atom. The third kappa shape index (κ3) is 2.34. The Morgan fingerprint density at radius 1 is 1.47 bits per heavy atom. The Bertz CT molecular complexity index is 309. The molecular weight excluding hydrogens is 198 g/mol. The standard InChI is InChI=1S/C10H15NO4/c1-4-15-8(13)6-11-7(12)5-10(2,3)9(11)14/h4-6H2,1-3H3. The van der Waals surface area contributed by atoms with Crippen molar-refractivity contribution in [2.45, 2.75) is 27.2 Å². The molecule has 1 aliphatic heterocycles. The van der Waals surface area contributed by atoms with Crippen LogP contribution in [0.1, 0.15) is 27.2 Å². The van der Waals surface area contributed by atoms with Crippen LogP contribution in [0, 0.1) is 5.41 Å². The van der Waals surface area contributed by atoms with Gasteiger partial charge < -0.3 is 4.74 Å². The van der Waals surface area contributed by atoms with Crippen LogP contribution in [0.25, 0.3) is 0 Å². The maximum Gasteiger partial charge on any atom is 0.326 e. The zero-order valence-corrected chi connectivity index (χ0v) is 9.20. The van der Waals surface area contributed by atoms with E-state index < -0.39 is 11.4 Å². The lowest BCUT2D eigenvalue weighted by molar-refractivity contribution is -0.153. The van der Waals surface area contributed by atoms with Crippen LogP contribution < -0.4 is 0 Å². The molecule has 1 heterocycles. The second kappa shape index (κ2) is 4.00. The zero-order chi connectivity index (χ0) is 11.6. The number of amides is 2. The summed E-state index contributed by atoms with van der Waals surface area (Å²) in [7, 11) is 0. The van der Waals surface area contributed by atoms with Gasteiger partial charge in [-0.15, -0.1) is 0 Å². The Balaban J connectivity index is 2.67. The highest BCUT2D eigenvalue weighted by Gasteiger charge is 2.45. The lowest BCUT2D eigenvalue weighted by Crippen LogP contribution is -2.37. The summed E-state index contributed by atoms with van der Waals surface area (Å²) in [6.45, 7) is 5.04. The molecule has 0 saturated carbocycles. The molecule has 84 valence electrons. The average molecular weight is 213 g/mol. The lowest BCUT2D eigenvalue weighted by atomic mass is 9.92. The zero-order valence-electron chi connectivity index (χ0n) is 9.20. The van der Waals surface area contributed by atoms with Crippen LogP contribution in [0.2, 0.25) is 0 Å². The van der Waals surface area contributed by atoms with Crippen LogP contribution in [0.3, 0.4) is 0 Å². The van der Waals surface area contributed by atoms with Gasteiger partial charge in [0.15, 0.2) is 0 Å². The van der Waals surface area contributed by atoms with Gasteiger partial charge in [0.25, 0.3) is 0 Å². The van der Waals surface area contributed by atoms with Crippen molar-refractivity contribution in [1.29, 1.82) is 0 Å². The Kier molecular flexibility index (Phi) is 3.12. The van der Waals surface area contributed by atoms with E-state index in [2.05, 4.69) is 4.74 Å². The molecule has 2 amide bonds. The van der Waals surface area contributed by atoms with Gasteiger partial charge in [-0.3, -0.25) is 19.3 Å². The Labute approximate surface area is 88.4 Å². The number of ether oxygens (including phenoxy) is 1. The van der Waals surface area contributed by atoms with Crippen molar-refractivity contribution >= 4 is 17.8 Å². The number of hydrogen-bond acceptors (Lipinski definition) is 4. The van der Waals surface area contributed by atoms with Crippen LogP contribution in [0.15, 0.2) is 0 Å². The van der Waals surface area contributed by atoms with E-state index in [0.717, 1.165) is 4.90 Å². The Hall–Kier alpha value is -1.39. The third-order valence-electron chi connectivity index (χ3n) is 2.31. The van der Waals surface area contributed by atoms with E-state index in [0.29, 0.717) is 0 Å². The Morgan fingerprint density at radius 3 is 2.47 bits per heavy atom. The third-order valence-corrected chi connectivity index (χ3v) is 2.31. The molecule has 0 aromatic carbocycles. The van der Waals surface area contributed by atoms with Crippen molar-refractivity contribution in [2.75, 3.05) is 13.2 Å². The van der Waals surface area contributed by atoms with E-state index in [-0.39, 0.29) is 31.4 Å². The SMILES string of the molecule is CCOC(=O)CN1C(=O)CC(C)(C)C1=O. The van der Waals surface area contributed by atoms with Gasteiger partial charge in [-0.05, 0) is 6.92 Å². The van der Waals surface area contributed by atoms with Gasteiger partial charge in [-0.25, -0.2) is 0 Å². The largest absolute Gasteiger partial charge is 0.465 e. The van der Waals surface area contributed by atoms with Crippen molar-refractivity contribution in [3.8, 4) is 0 Å². The predicted molar refractivity (Wildman–Crippen MR) is 51.8 cm³/mol. The summed E-state index contributed by atoms with van der Waals surface area (Å²) < 4.78 is 4.68. The fourth-order valence-electron chi connectivity index (χ4n) is 1.52. The van der Waals surface area contributed by atoms with Crippen molar-refractivity contribution in [1.82, 2.24) is 4.90 Å². The predicted octanol–water partition coefficient (Wildman–Crippen LogP) is 0.335. The molecule has 0 unspecified atom stereocenters. The highest BCUT2D eigenvalue weighted by atomic mass is 16.5. The lowest BCUT2D eigenvalue weighted by Gasteiger charge is -2.16. The number of hydrogen-bond donors (Lipinski definition) is 0. The van der Waals surface area contributed by atoms with E-state index in [9.17, 15) is 14.4 Å². The van der Waals surface area contributed by atoms with E-state index >= 15 is 0 Å². The molecule has 0 aromatic heterocycles. The molecule has 5 nitrogen and oxygen atoms in total. The molecule has 1 rings (SSSR count). The molecule has 0 bridgehead atoms. The average Bonchev–Trinajstić information content (AvgIpc) is 2.28. The monoisotopic (exact) mass is 213 g/mol. The maximum absolute atomic E-state index is 11.7. The van der Waals surface area contributed by atoms with E-state index in [1.165, 1.54) is 0 Å². The molecule has 0 spiro atoms. The van der Waals surface area contributed by atoms with Gasteiger partial charge in [-0.2, -0.15) is 0 Å². The van der Waals surface area contributed by atoms with Crippen LogP contribution in [0.5, 0.6) is 0 Å². The molecule has 5 heteroatoms. The molecule has 0 radical (unpaired) electrons. The smallest absolute Gasteiger partial charge is 0.326 e. The van der Waals surface area contributed by atoms with Crippen LogP contribution >= 0.6 is 0 Å². The van der Waals surface area contributed by atoms with Crippen molar-refractivity contribution in [3.63, 3.8) is 0 Å². The summed E-state index contributed by atoms with van der Waals surface area (Å²) >= 11 is 0. The van der Waals surface area contributed by atoms with Gasteiger partial charge >= 0.3 is 5.97 Å². The minimum atomic E-state index is -0.691. The summed E-state index contributed by atoms with van der Waals surface area (Å²) in [5, 5.41) is 0. The highest BCUT2D eigenvalue weighted by Crippen LogP contribution is 2.31. The summed E-state index contributed by atoms with van der Waals surface area (Å²) in [6, 6.07) is 0. The van der Waals surface area contributed by atoms with Gasteiger partial charge in [0.2, 0.25) is 11.8 Å². The first-order valence-corrected chi connectivity index (χ1v) is 4.89. The molecule has 1 saturated heterocycles. The fourth-order valence-corrected chi connectivity index (χ4v) is 1.52. The van der Waals surface area contributed by atoms with Crippen molar-refractivity contribution in [2.24, 2.45) is 5.41 Å². The fraction of sp³-hybridized carbons (Fsp3) is 0.700. The summed E-state index contributed by atoms with van der Waals surface area (Å²) in [4.78, 5) is 35.2. The number of carbonyl (C=O) groups excluding carboxylic acids is 3. The quantitative estimate of drug-likeness (QED) is 0.500. The summed E-state index contributed by atoms with van der Waals surface area (Å²) in [5.41, 5.74) is -0.691. The van der Waals surface area contributed by atoms with Crippen LogP contribution in [-0.2, 0) is 19.1 Å². The summed E-state index contributed by atoms with van der Waals surface area (Å²) in [6.07, 6.45) is 0.158. The van der Waals surface area contributed by atoms with Crippen LogP contribution in [0.4, 0.5) is 0 Å². The molecule has 0 aromatic rings. The number of imide groups is 1. The maximum atomic E-state index is 11.7.